The fraction of sp³-hybridized carbons (Fsp3) is 0.0588. The molecule has 0 saturated carbocycles. The number of thioether (sulfide) groups is 1. The molecule has 1 saturated heterocycles. The van der Waals surface area contributed by atoms with E-state index < -0.39 is 0 Å². The van der Waals surface area contributed by atoms with E-state index in [2.05, 4.69) is 22.6 Å². The first-order chi connectivity index (χ1) is 11.4. The van der Waals surface area contributed by atoms with Crippen molar-refractivity contribution in [2.24, 2.45) is 0 Å². The Morgan fingerprint density at radius 3 is 2.46 bits per heavy atom. The van der Waals surface area contributed by atoms with Crippen molar-refractivity contribution in [1.82, 2.24) is 4.90 Å². The van der Waals surface area contributed by atoms with E-state index in [0.717, 1.165) is 20.9 Å². The fourth-order valence-corrected chi connectivity index (χ4v) is 3.82. The lowest BCUT2D eigenvalue weighted by atomic mass is 10.2. The van der Waals surface area contributed by atoms with Crippen LogP contribution < -0.4 is 0 Å². The van der Waals surface area contributed by atoms with Crippen LogP contribution in [0.4, 0.5) is 4.79 Å². The van der Waals surface area contributed by atoms with Crippen molar-refractivity contribution in [2.45, 2.75) is 6.54 Å². The number of halogens is 3. The smallest absolute Gasteiger partial charge is 0.268 e. The average molecular weight is 490 g/mol. The molecule has 0 radical (unpaired) electrons. The number of imide groups is 1. The molecule has 1 fully saturated rings. The molecule has 1 heterocycles. The Morgan fingerprint density at radius 1 is 1.08 bits per heavy atom. The van der Waals surface area contributed by atoms with Gasteiger partial charge in [0.15, 0.2) is 0 Å². The summed E-state index contributed by atoms with van der Waals surface area (Å²) in [4.78, 5) is 26.3. The predicted molar refractivity (Wildman–Crippen MR) is 107 cm³/mol. The lowest BCUT2D eigenvalue weighted by Crippen LogP contribution is -2.27. The zero-order valence-corrected chi connectivity index (χ0v) is 16.6. The number of rotatable bonds is 3. The second kappa shape index (κ2) is 7.47. The minimum atomic E-state index is -0.311. The van der Waals surface area contributed by atoms with Crippen LogP contribution >= 0.6 is 57.6 Å². The maximum absolute atomic E-state index is 12.5. The van der Waals surface area contributed by atoms with E-state index in [1.165, 1.54) is 4.90 Å². The van der Waals surface area contributed by atoms with Crippen LogP contribution in [0.2, 0.25) is 10.0 Å². The molecule has 122 valence electrons. The molecule has 0 aliphatic carbocycles. The highest BCUT2D eigenvalue weighted by molar-refractivity contribution is 14.1. The molecule has 0 unspecified atom stereocenters. The van der Waals surface area contributed by atoms with Gasteiger partial charge in [0.1, 0.15) is 0 Å². The molecule has 24 heavy (non-hydrogen) atoms. The number of carbonyl (C=O) groups excluding carboxylic acids is 2. The third-order valence-corrected chi connectivity index (χ3v) is 5.57. The van der Waals surface area contributed by atoms with Crippen LogP contribution in [0.1, 0.15) is 11.1 Å². The van der Waals surface area contributed by atoms with Crippen molar-refractivity contribution >= 4 is 74.8 Å². The van der Waals surface area contributed by atoms with E-state index in [0.29, 0.717) is 20.5 Å². The summed E-state index contributed by atoms with van der Waals surface area (Å²) in [5.41, 5.74) is 1.56. The zero-order valence-electron chi connectivity index (χ0n) is 12.1. The first-order valence-electron chi connectivity index (χ1n) is 6.89. The molecule has 2 aromatic rings. The second-order valence-electron chi connectivity index (χ2n) is 5.06. The molecule has 0 bridgehead atoms. The fourth-order valence-electron chi connectivity index (χ4n) is 2.17. The largest absolute Gasteiger partial charge is 0.293 e. The first-order valence-corrected chi connectivity index (χ1v) is 9.54. The Kier molecular flexibility index (Phi) is 5.54. The molecular weight excluding hydrogens is 480 g/mol. The Morgan fingerprint density at radius 2 is 1.79 bits per heavy atom. The third kappa shape index (κ3) is 3.96. The normalized spacial score (nSPS) is 16.3. The van der Waals surface area contributed by atoms with E-state index in [1.807, 2.05) is 24.3 Å². The predicted octanol–water partition coefficient (Wildman–Crippen LogP) is 5.83. The summed E-state index contributed by atoms with van der Waals surface area (Å²) in [5.74, 6) is -0.311. The van der Waals surface area contributed by atoms with Crippen LogP contribution in [0, 0.1) is 3.57 Å². The van der Waals surface area contributed by atoms with E-state index in [4.69, 9.17) is 23.2 Å². The van der Waals surface area contributed by atoms with Gasteiger partial charge in [0.05, 0.1) is 11.4 Å². The summed E-state index contributed by atoms with van der Waals surface area (Å²) in [5, 5.41) is 0.672. The Bertz CT molecular complexity index is 852. The number of hydrogen-bond acceptors (Lipinski definition) is 3. The van der Waals surface area contributed by atoms with Gasteiger partial charge >= 0.3 is 0 Å². The summed E-state index contributed by atoms with van der Waals surface area (Å²) < 4.78 is 1.10. The molecular formula is C17H10Cl2INO2S. The summed E-state index contributed by atoms with van der Waals surface area (Å²) in [6.45, 7) is 0.257. The summed E-state index contributed by atoms with van der Waals surface area (Å²) >= 11 is 15.1. The van der Waals surface area contributed by atoms with Crippen LogP contribution in [-0.4, -0.2) is 16.0 Å². The number of benzene rings is 2. The van der Waals surface area contributed by atoms with Crippen molar-refractivity contribution in [3.05, 3.63) is 72.1 Å². The molecule has 2 aromatic carbocycles. The van der Waals surface area contributed by atoms with Crippen LogP contribution in [0.15, 0.2) is 47.4 Å². The maximum Gasteiger partial charge on any atom is 0.293 e. The van der Waals surface area contributed by atoms with Gasteiger partial charge in [0.2, 0.25) is 0 Å². The number of nitrogens with zero attached hydrogens (tertiary/aromatic N) is 1. The van der Waals surface area contributed by atoms with Crippen LogP contribution in [-0.2, 0) is 11.3 Å². The quantitative estimate of drug-likeness (QED) is 0.401. The van der Waals surface area contributed by atoms with Gasteiger partial charge < -0.3 is 0 Å². The van der Waals surface area contributed by atoms with Crippen LogP contribution in [0.3, 0.4) is 0 Å². The van der Waals surface area contributed by atoms with Crippen molar-refractivity contribution in [3.63, 3.8) is 0 Å². The third-order valence-electron chi connectivity index (χ3n) is 3.38. The lowest BCUT2D eigenvalue weighted by molar-refractivity contribution is -0.123. The molecule has 0 spiro atoms. The second-order valence-corrected chi connectivity index (χ2v) is 8.14. The highest BCUT2D eigenvalue weighted by atomic mass is 127. The zero-order chi connectivity index (χ0) is 17.3. The van der Waals surface area contributed by atoms with Gasteiger partial charge in [-0.05, 0) is 75.8 Å². The van der Waals surface area contributed by atoms with Gasteiger partial charge in [-0.2, -0.15) is 0 Å². The summed E-state index contributed by atoms with van der Waals surface area (Å²) in [6, 6.07) is 12.7. The van der Waals surface area contributed by atoms with Gasteiger partial charge in [-0.25, -0.2) is 0 Å². The molecule has 0 atom stereocenters. The van der Waals surface area contributed by atoms with Gasteiger partial charge in [-0.15, -0.1) is 0 Å². The minimum absolute atomic E-state index is 0.257. The van der Waals surface area contributed by atoms with Gasteiger partial charge in [-0.1, -0.05) is 41.4 Å². The van der Waals surface area contributed by atoms with E-state index in [-0.39, 0.29) is 17.7 Å². The van der Waals surface area contributed by atoms with Crippen LogP contribution in [0.5, 0.6) is 0 Å². The SMILES string of the molecule is O=C1S/C(=C/c2ccc(Cl)cc2Cl)C(=O)N1Cc1ccc(I)cc1. The van der Waals surface area contributed by atoms with Crippen molar-refractivity contribution in [1.29, 1.82) is 0 Å². The summed E-state index contributed by atoms with van der Waals surface area (Å²) in [6.07, 6.45) is 1.62. The number of amides is 2. The van der Waals surface area contributed by atoms with Gasteiger partial charge in [-0.3, -0.25) is 14.5 Å². The Labute approximate surface area is 167 Å². The van der Waals surface area contributed by atoms with Gasteiger partial charge in [0, 0.05) is 13.6 Å². The lowest BCUT2D eigenvalue weighted by Gasteiger charge is -2.12. The monoisotopic (exact) mass is 489 g/mol. The highest BCUT2D eigenvalue weighted by Gasteiger charge is 2.35. The van der Waals surface area contributed by atoms with Crippen LogP contribution in [0.25, 0.3) is 6.08 Å². The topological polar surface area (TPSA) is 37.4 Å². The molecule has 3 rings (SSSR count). The number of carbonyl (C=O) groups is 2. The first kappa shape index (κ1) is 17.8. The molecule has 3 nitrogen and oxygen atoms in total. The summed E-state index contributed by atoms with van der Waals surface area (Å²) in [7, 11) is 0. The van der Waals surface area contributed by atoms with Gasteiger partial charge in [0.25, 0.3) is 11.1 Å². The highest BCUT2D eigenvalue weighted by Crippen LogP contribution is 2.34. The average Bonchev–Trinajstić information content (AvgIpc) is 2.80. The number of hydrogen-bond donors (Lipinski definition) is 0. The van der Waals surface area contributed by atoms with E-state index >= 15 is 0 Å². The Hall–Kier alpha value is -1.02. The molecule has 1 aliphatic heterocycles. The van der Waals surface area contributed by atoms with Crippen molar-refractivity contribution in [3.8, 4) is 0 Å². The van der Waals surface area contributed by atoms with E-state index in [9.17, 15) is 9.59 Å². The van der Waals surface area contributed by atoms with E-state index in [1.54, 1.807) is 24.3 Å². The molecule has 2 amide bonds. The van der Waals surface area contributed by atoms with Crippen molar-refractivity contribution in [2.75, 3.05) is 0 Å². The van der Waals surface area contributed by atoms with Crippen molar-refractivity contribution < 1.29 is 9.59 Å². The minimum Gasteiger partial charge on any atom is -0.268 e. The molecule has 0 N–H and O–H groups in total. The standard InChI is InChI=1S/C17H10Cl2INO2S/c18-12-4-3-11(14(19)8-12)7-15-16(22)21(17(23)24-15)9-10-1-5-13(20)6-2-10/h1-8H,9H2/b15-7+. The Balaban J connectivity index is 1.83. The molecule has 1 aliphatic rings. The molecule has 0 aromatic heterocycles. The maximum atomic E-state index is 12.5. The molecule has 7 heteroatoms.